The van der Waals surface area contributed by atoms with E-state index in [9.17, 15) is 18.0 Å². The van der Waals surface area contributed by atoms with Crippen LogP contribution in [0.5, 0.6) is 0 Å². The van der Waals surface area contributed by atoms with E-state index in [4.69, 9.17) is 0 Å². The van der Waals surface area contributed by atoms with Crippen molar-refractivity contribution < 1.29 is 18.0 Å². The molecule has 0 N–H and O–H groups in total. The summed E-state index contributed by atoms with van der Waals surface area (Å²) in [6.07, 6.45) is -0.338. The van der Waals surface area contributed by atoms with Gasteiger partial charge >= 0.3 is 6.18 Å². The largest absolute Gasteiger partial charge is 0.433 e. The van der Waals surface area contributed by atoms with Gasteiger partial charge in [-0.3, -0.25) is 4.79 Å². The summed E-state index contributed by atoms with van der Waals surface area (Å²) in [6, 6.07) is 0.873. The van der Waals surface area contributed by atoms with E-state index in [0.717, 1.165) is 31.8 Å². The highest BCUT2D eigenvalue weighted by Crippen LogP contribution is 2.30. The Morgan fingerprint density at radius 1 is 1.24 bits per heavy atom. The molecule has 2 aliphatic heterocycles. The normalized spacial score (nSPS) is 23.2. The van der Waals surface area contributed by atoms with Crippen LogP contribution in [0.1, 0.15) is 31.4 Å². The lowest BCUT2D eigenvalue weighted by molar-refractivity contribution is -0.141. The summed E-state index contributed by atoms with van der Waals surface area (Å²) in [5.74, 6) is 0.846. The van der Waals surface area contributed by atoms with Gasteiger partial charge in [-0.2, -0.15) is 13.2 Å². The van der Waals surface area contributed by atoms with Crippen LogP contribution in [0.2, 0.25) is 0 Å². The molecule has 0 radical (unpaired) electrons. The molecule has 0 amide bonds. The van der Waals surface area contributed by atoms with Gasteiger partial charge in [0.25, 0.3) is 0 Å². The van der Waals surface area contributed by atoms with Crippen LogP contribution in [-0.2, 0) is 11.0 Å². The maximum atomic E-state index is 12.8. The van der Waals surface area contributed by atoms with E-state index < -0.39 is 11.9 Å². The number of rotatable bonds is 4. The van der Waals surface area contributed by atoms with Crippen LogP contribution in [0, 0.1) is 11.8 Å². The predicted octanol–water partition coefficient (Wildman–Crippen LogP) is 2.62. The summed E-state index contributed by atoms with van der Waals surface area (Å²) in [4.78, 5) is 24.0. The minimum absolute atomic E-state index is 0.00737. The summed E-state index contributed by atoms with van der Waals surface area (Å²) >= 11 is 0. The lowest BCUT2D eigenvalue weighted by Crippen LogP contribution is -2.38. The maximum absolute atomic E-state index is 12.8. The first-order valence-corrected chi connectivity index (χ1v) is 8.69. The van der Waals surface area contributed by atoms with Gasteiger partial charge in [0.15, 0.2) is 0 Å². The summed E-state index contributed by atoms with van der Waals surface area (Å²) in [7, 11) is 2.07. The maximum Gasteiger partial charge on any atom is 0.433 e. The molecule has 3 heterocycles. The van der Waals surface area contributed by atoms with Gasteiger partial charge in [0.1, 0.15) is 11.5 Å². The Morgan fingerprint density at radius 2 is 1.96 bits per heavy atom. The number of carbonyl (C=O) groups is 1. The number of likely N-dealkylation sites (tertiary alicyclic amines) is 1. The van der Waals surface area contributed by atoms with E-state index in [0.29, 0.717) is 44.1 Å². The van der Waals surface area contributed by atoms with Crippen molar-refractivity contribution in [2.45, 2.75) is 31.9 Å². The van der Waals surface area contributed by atoms with E-state index in [1.807, 2.05) is 0 Å². The van der Waals surface area contributed by atoms with Crippen molar-refractivity contribution in [3.05, 3.63) is 18.0 Å². The van der Waals surface area contributed by atoms with Crippen molar-refractivity contribution in [1.29, 1.82) is 0 Å². The Kier molecular flexibility index (Phi) is 5.27. The van der Waals surface area contributed by atoms with Crippen LogP contribution >= 0.6 is 0 Å². The van der Waals surface area contributed by atoms with E-state index in [1.54, 1.807) is 4.90 Å². The molecule has 8 heteroatoms. The fourth-order valence-electron chi connectivity index (χ4n) is 3.70. The smallest absolute Gasteiger partial charge is 0.341 e. The zero-order valence-electron chi connectivity index (χ0n) is 14.3. The Hall–Kier alpha value is -1.70. The average molecular weight is 356 g/mol. The van der Waals surface area contributed by atoms with Crippen LogP contribution in [0.25, 0.3) is 0 Å². The van der Waals surface area contributed by atoms with Gasteiger partial charge in [-0.25, -0.2) is 9.97 Å². The lowest BCUT2D eigenvalue weighted by Gasteiger charge is -2.31. The Morgan fingerprint density at radius 3 is 2.56 bits per heavy atom. The van der Waals surface area contributed by atoms with E-state index in [2.05, 4.69) is 21.9 Å². The van der Waals surface area contributed by atoms with Gasteiger partial charge in [0.05, 0.1) is 0 Å². The molecule has 3 rings (SSSR count). The number of hydrogen-bond donors (Lipinski definition) is 0. The molecule has 1 aromatic rings. The van der Waals surface area contributed by atoms with Gasteiger partial charge in [-0.05, 0) is 44.8 Å². The summed E-state index contributed by atoms with van der Waals surface area (Å²) in [5, 5.41) is 0. The summed E-state index contributed by atoms with van der Waals surface area (Å²) in [5.41, 5.74) is -0.930. The van der Waals surface area contributed by atoms with Gasteiger partial charge in [0, 0.05) is 38.2 Å². The molecule has 0 aliphatic carbocycles. The average Bonchev–Trinajstić information content (AvgIpc) is 2.99. The molecule has 1 atom stereocenters. The van der Waals surface area contributed by atoms with Crippen LogP contribution in [0.4, 0.5) is 19.1 Å². The number of aromatic nitrogens is 2. The Bertz CT molecular complexity index is 614. The molecule has 0 saturated carbocycles. The van der Waals surface area contributed by atoms with Gasteiger partial charge < -0.3 is 9.80 Å². The van der Waals surface area contributed by atoms with Crippen LogP contribution in [0.15, 0.2) is 12.3 Å². The second kappa shape index (κ2) is 7.27. The fraction of sp³-hybridized carbons (Fsp3) is 0.706. The number of Topliss-reactive ketones (excluding diaryl/α,β-unsaturated/α-hetero) is 1. The number of carbonyl (C=O) groups excluding carboxylic acids is 1. The molecule has 25 heavy (non-hydrogen) atoms. The topological polar surface area (TPSA) is 49.3 Å². The summed E-state index contributed by atoms with van der Waals surface area (Å²) < 4.78 is 38.3. The van der Waals surface area contributed by atoms with E-state index in [-0.39, 0.29) is 11.9 Å². The second-order valence-corrected chi connectivity index (χ2v) is 7.09. The number of hydrogen-bond acceptors (Lipinski definition) is 5. The van der Waals surface area contributed by atoms with Crippen molar-refractivity contribution in [3.63, 3.8) is 0 Å². The third-order valence-corrected chi connectivity index (χ3v) is 5.15. The SMILES string of the molecule is CN1CC[C@@H](CC(=O)C2CCN(c3nccc(C(F)(F)F)n3)CC2)C1. The quantitative estimate of drug-likeness (QED) is 0.830. The number of alkyl halides is 3. The zero-order chi connectivity index (χ0) is 18.0. The fourth-order valence-corrected chi connectivity index (χ4v) is 3.70. The Balaban J connectivity index is 1.54. The van der Waals surface area contributed by atoms with Crippen molar-refractivity contribution in [1.82, 2.24) is 14.9 Å². The predicted molar refractivity (Wildman–Crippen MR) is 87.2 cm³/mol. The third kappa shape index (κ3) is 4.48. The monoisotopic (exact) mass is 356 g/mol. The molecule has 0 aromatic carbocycles. The molecule has 0 spiro atoms. The van der Waals surface area contributed by atoms with Crippen molar-refractivity contribution in [2.75, 3.05) is 38.1 Å². The molecule has 0 bridgehead atoms. The number of piperidine rings is 1. The van der Waals surface area contributed by atoms with Crippen LogP contribution in [0.3, 0.4) is 0 Å². The van der Waals surface area contributed by atoms with E-state index >= 15 is 0 Å². The lowest BCUT2D eigenvalue weighted by atomic mass is 9.87. The molecule has 2 saturated heterocycles. The number of halogens is 3. The minimum atomic E-state index is -4.47. The van der Waals surface area contributed by atoms with Gasteiger partial charge in [0.2, 0.25) is 5.95 Å². The zero-order valence-corrected chi connectivity index (χ0v) is 14.3. The minimum Gasteiger partial charge on any atom is -0.341 e. The molecular weight excluding hydrogens is 333 g/mol. The number of anilines is 1. The molecule has 2 fully saturated rings. The van der Waals surface area contributed by atoms with Gasteiger partial charge in [-0.15, -0.1) is 0 Å². The standard InChI is InChI=1S/C17H23F3N4O/c1-23-7-3-12(11-23)10-14(25)13-4-8-24(9-5-13)16-21-6-2-15(22-16)17(18,19)20/h2,6,12-13H,3-5,7-11H2,1H3/t12-/m0/s1. The number of nitrogens with zero attached hydrogens (tertiary/aromatic N) is 4. The highest BCUT2D eigenvalue weighted by molar-refractivity contribution is 5.81. The first kappa shape index (κ1) is 18.1. The Labute approximate surface area is 145 Å². The first-order valence-electron chi connectivity index (χ1n) is 8.69. The molecule has 2 aliphatic rings. The third-order valence-electron chi connectivity index (χ3n) is 5.15. The molecule has 0 unspecified atom stereocenters. The van der Waals surface area contributed by atoms with Crippen molar-refractivity contribution in [2.24, 2.45) is 11.8 Å². The van der Waals surface area contributed by atoms with Crippen LogP contribution in [-0.4, -0.2) is 53.9 Å². The highest BCUT2D eigenvalue weighted by Gasteiger charge is 2.34. The van der Waals surface area contributed by atoms with Crippen LogP contribution < -0.4 is 4.90 Å². The van der Waals surface area contributed by atoms with E-state index in [1.165, 1.54) is 0 Å². The molecule has 138 valence electrons. The second-order valence-electron chi connectivity index (χ2n) is 7.09. The first-order chi connectivity index (χ1) is 11.8. The molecule has 1 aromatic heterocycles. The van der Waals surface area contributed by atoms with Crippen molar-refractivity contribution >= 4 is 11.7 Å². The highest BCUT2D eigenvalue weighted by atomic mass is 19.4. The van der Waals surface area contributed by atoms with Gasteiger partial charge in [-0.1, -0.05) is 0 Å². The summed E-state index contributed by atoms with van der Waals surface area (Å²) in [6.45, 7) is 3.05. The van der Waals surface area contributed by atoms with Crippen molar-refractivity contribution in [3.8, 4) is 0 Å². The number of ketones is 1. The molecular formula is C17H23F3N4O. The molecule has 5 nitrogen and oxygen atoms in total.